The molecule has 1 aliphatic rings. The first-order chi connectivity index (χ1) is 13.4. The quantitative estimate of drug-likeness (QED) is 0.684. The Labute approximate surface area is 169 Å². The predicted octanol–water partition coefficient (Wildman–Crippen LogP) is 2.94. The van der Waals surface area contributed by atoms with Gasteiger partial charge in [0.2, 0.25) is 0 Å². The molecular formula is C20H22ClNO5S. The van der Waals surface area contributed by atoms with Gasteiger partial charge in [-0.3, -0.25) is 4.79 Å². The molecule has 1 unspecified atom stereocenters. The molecule has 0 aliphatic carbocycles. The highest BCUT2D eigenvalue weighted by Crippen LogP contribution is 2.22. The second-order valence-corrected chi connectivity index (χ2v) is 9.34. The lowest BCUT2D eigenvalue weighted by molar-refractivity contribution is -0.136. The fraction of sp³-hybridized carbons (Fsp3) is 0.350. The van der Waals surface area contributed by atoms with Crippen LogP contribution in [0.5, 0.6) is 11.5 Å². The Balaban J connectivity index is 1.73. The molecule has 0 aromatic heterocycles. The number of amides is 1. The molecule has 1 heterocycles. The third kappa shape index (κ3) is 5.39. The second-order valence-electron chi connectivity index (χ2n) is 6.67. The van der Waals surface area contributed by atoms with Crippen molar-refractivity contribution in [3.05, 3.63) is 59.1 Å². The fourth-order valence-corrected chi connectivity index (χ4v) is 5.07. The molecule has 0 bridgehead atoms. The summed E-state index contributed by atoms with van der Waals surface area (Å²) >= 11 is 5.94. The first-order valence-electron chi connectivity index (χ1n) is 8.87. The Morgan fingerprint density at radius 1 is 1.18 bits per heavy atom. The van der Waals surface area contributed by atoms with Crippen molar-refractivity contribution in [2.75, 3.05) is 25.2 Å². The van der Waals surface area contributed by atoms with E-state index >= 15 is 0 Å². The van der Waals surface area contributed by atoms with Gasteiger partial charge < -0.3 is 14.4 Å². The number of rotatable bonds is 7. The third-order valence-corrected chi connectivity index (χ3v) is 6.63. The Kier molecular flexibility index (Phi) is 6.46. The first-order valence-corrected chi connectivity index (χ1v) is 11.1. The molecule has 1 fully saturated rings. The minimum atomic E-state index is -3.12. The van der Waals surface area contributed by atoms with E-state index in [1.807, 2.05) is 24.3 Å². The van der Waals surface area contributed by atoms with Gasteiger partial charge >= 0.3 is 0 Å². The van der Waals surface area contributed by atoms with E-state index in [9.17, 15) is 13.2 Å². The number of benzene rings is 2. The van der Waals surface area contributed by atoms with Gasteiger partial charge in [0.15, 0.2) is 16.4 Å². The van der Waals surface area contributed by atoms with E-state index in [-0.39, 0.29) is 30.1 Å². The first kappa shape index (κ1) is 20.5. The summed E-state index contributed by atoms with van der Waals surface area (Å²) in [6, 6.07) is 13.8. The maximum Gasteiger partial charge on any atom is 0.261 e. The maximum absolute atomic E-state index is 12.9. The van der Waals surface area contributed by atoms with Gasteiger partial charge in [-0.1, -0.05) is 29.8 Å². The zero-order valence-electron chi connectivity index (χ0n) is 15.5. The second kappa shape index (κ2) is 8.84. The lowest BCUT2D eigenvalue weighted by Gasteiger charge is -2.28. The van der Waals surface area contributed by atoms with E-state index < -0.39 is 9.84 Å². The maximum atomic E-state index is 12.9. The van der Waals surface area contributed by atoms with Crippen LogP contribution in [-0.2, 0) is 21.2 Å². The molecule has 1 saturated heterocycles. The van der Waals surface area contributed by atoms with Crippen LogP contribution >= 0.6 is 11.6 Å². The number of hydrogen-bond acceptors (Lipinski definition) is 5. The predicted molar refractivity (Wildman–Crippen MR) is 108 cm³/mol. The van der Waals surface area contributed by atoms with Crippen LogP contribution in [-0.4, -0.2) is 50.5 Å². The highest BCUT2D eigenvalue weighted by molar-refractivity contribution is 7.91. The number of ether oxygens (including phenoxy) is 2. The van der Waals surface area contributed by atoms with Crippen LogP contribution in [0.2, 0.25) is 5.02 Å². The normalized spacial score (nSPS) is 17.9. The van der Waals surface area contributed by atoms with Gasteiger partial charge in [-0.05, 0) is 42.3 Å². The molecule has 0 spiro atoms. The number of sulfone groups is 1. The molecule has 6 nitrogen and oxygen atoms in total. The topological polar surface area (TPSA) is 72.9 Å². The Hall–Kier alpha value is -2.25. The van der Waals surface area contributed by atoms with Gasteiger partial charge in [-0.25, -0.2) is 8.42 Å². The van der Waals surface area contributed by atoms with E-state index in [0.717, 1.165) is 11.3 Å². The molecule has 1 atom stereocenters. The van der Waals surface area contributed by atoms with Crippen molar-refractivity contribution < 1.29 is 22.7 Å². The smallest absolute Gasteiger partial charge is 0.261 e. The minimum absolute atomic E-state index is 0.0218. The lowest BCUT2D eigenvalue weighted by Crippen LogP contribution is -2.43. The zero-order valence-corrected chi connectivity index (χ0v) is 17.1. The van der Waals surface area contributed by atoms with Gasteiger partial charge in [-0.2, -0.15) is 0 Å². The van der Waals surface area contributed by atoms with Gasteiger partial charge in [-0.15, -0.1) is 0 Å². The highest BCUT2D eigenvalue weighted by Gasteiger charge is 2.34. The fourth-order valence-electron chi connectivity index (χ4n) is 3.15. The van der Waals surface area contributed by atoms with Crippen LogP contribution in [0, 0.1) is 0 Å². The van der Waals surface area contributed by atoms with E-state index in [1.165, 1.54) is 0 Å². The van der Waals surface area contributed by atoms with Crippen molar-refractivity contribution >= 4 is 27.3 Å². The highest BCUT2D eigenvalue weighted by atomic mass is 35.5. The summed E-state index contributed by atoms with van der Waals surface area (Å²) in [6.45, 7) is 0.120. The number of methoxy groups -OCH3 is 1. The molecule has 1 amide bonds. The molecule has 0 saturated carbocycles. The van der Waals surface area contributed by atoms with Crippen LogP contribution in [0.1, 0.15) is 12.0 Å². The summed E-state index contributed by atoms with van der Waals surface area (Å²) in [6.07, 6.45) is 0.432. The summed E-state index contributed by atoms with van der Waals surface area (Å²) in [5.41, 5.74) is 0.890. The third-order valence-electron chi connectivity index (χ3n) is 4.64. The SMILES string of the molecule is COc1ccc(CN(C(=O)COc2cccc(Cl)c2)C2CCS(=O)(=O)C2)cc1. The van der Waals surface area contributed by atoms with Crippen molar-refractivity contribution in [2.24, 2.45) is 0 Å². The van der Waals surface area contributed by atoms with E-state index in [1.54, 1.807) is 36.3 Å². The number of halogens is 1. The largest absolute Gasteiger partial charge is 0.497 e. The van der Waals surface area contributed by atoms with Crippen molar-refractivity contribution in [2.45, 2.75) is 19.0 Å². The number of carbonyl (C=O) groups is 1. The molecule has 8 heteroatoms. The molecule has 2 aromatic rings. The molecule has 3 rings (SSSR count). The summed E-state index contributed by atoms with van der Waals surface area (Å²) < 4.78 is 34.6. The number of nitrogens with zero attached hydrogens (tertiary/aromatic N) is 1. The van der Waals surface area contributed by atoms with Crippen molar-refractivity contribution in [1.82, 2.24) is 4.90 Å². The molecular weight excluding hydrogens is 402 g/mol. The van der Waals surface area contributed by atoms with Gasteiger partial charge in [0.25, 0.3) is 5.91 Å². The average Bonchev–Trinajstić information content (AvgIpc) is 3.04. The van der Waals surface area contributed by atoms with Crippen LogP contribution in [0.4, 0.5) is 0 Å². The molecule has 28 heavy (non-hydrogen) atoms. The van der Waals surface area contributed by atoms with Crippen LogP contribution in [0.25, 0.3) is 0 Å². The Morgan fingerprint density at radius 3 is 2.54 bits per heavy atom. The van der Waals surface area contributed by atoms with Gasteiger partial charge in [0, 0.05) is 17.6 Å². The molecule has 1 aliphatic heterocycles. The standard InChI is InChI=1S/C20H22ClNO5S/c1-26-18-7-5-15(6-8-18)12-22(17-9-10-28(24,25)14-17)20(23)13-27-19-4-2-3-16(21)11-19/h2-8,11,17H,9-10,12-14H2,1H3. The van der Waals surface area contributed by atoms with Crippen LogP contribution in [0.15, 0.2) is 48.5 Å². The summed E-state index contributed by atoms with van der Waals surface area (Å²) in [7, 11) is -1.54. The summed E-state index contributed by atoms with van der Waals surface area (Å²) in [4.78, 5) is 14.5. The Morgan fingerprint density at radius 2 is 1.93 bits per heavy atom. The molecule has 0 radical (unpaired) electrons. The Bertz CT molecular complexity index is 930. The van der Waals surface area contributed by atoms with Gasteiger partial charge in [0.1, 0.15) is 11.5 Å². The van der Waals surface area contributed by atoms with Crippen molar-refractivity contribution in [3.8, 4) is 11.5 Å². The zero-order chi connectivity index (χ0) is 20.1. The minimum Gasteiger partial charge on any atom is -0.497 e. The van der Waals surface area contributed by atoms with Crippen molar-refractivity contribution in [3.63, 3.8) is 0 Å². The van der Waals surface area contributed by atoms with E-state index in [0.29, 0.717) is 23.7 Å². The molecule has 150 valence electrons. The van der Waals surface area contributed by atoms with Crippen LogP contribution < -0.4 is 9.47 Å². The summed E-state index contributed by atoms with van der Waals surface area (Å²) in [5.74, 6) is 1.02. The van der Waals surface area contributed by atoms with E-state index in [2.05, 4.69) is 0 Å². The summed E-state index contributed by atoms with van der Waals surface area (Å²) in [5, 5.41) is 0.516. The van der Waals surface area contributed by atoms with Crippen LogP contribution in [0.3, 0.4) is 0 Å². The monoisotopic (exact) mass is 423 g/mol. The molecule has 2 aromatic carbocycles. The average molecular weight is 424 g/mol. The van der Waals surface area contributed by atoms with Crippen molar-refractivity contribution in [1.29, 1.82) is 0 Å². The lowest BCUT2D eigenvalue weighted by atomic mass is 10.1. The number of hydrogen-bond donors (Lipinski definition) is 0. The molecule has 0 N–H and O–H groups in total. The van der Waals surface area contributed by atoms with E-state index in [4.69, 9.17) is 21.1 Å². The van der Waals surface area contributed by atoms with Gasteiger partial charge in [0.05, 0.1) is 18.6 Å². The number of carbonyl (C=O) groups excluding carboxylic acids is 1.